The van der Waals surface area contributed by atoms with Crippen LogP contribution in [0.1, 0.15) is 26.7 Å². The number of ether oxygens (including phenoxy) is 2. The van der Waals surface area contributed by atoms with Gasteiger partial charge in [0.15, 0.2) is 17.5 Å². The smallest absolute Gasteiger partial charge is 0.252 e. The number of nitrogens with zero attached hydrogens (tertiary/aromatic N) is 1. The molecule has 4 nitrogen and oxygen atoms in total. The molecule has 1 aromatic rings. The van der Waals surface area contributed by atoms with Crippen LogP contribution >= 0.6 is 0 Å². The number of halogens is 2. The molecule has 6 heteroatoms. The topological polar surface area (TPSA) is 43.4 Å². The summed E-state index contributed by atoms with van der Waals surface area (Å²) in [7, 11) is 0. The van der Waals surface area contributed by atoms with E-state index in [2.05, 4.69) is 10.3 Å². The van der Waals surface area contributed by atoms with Crippen molar-refractivity contribution >= 4 is 5.82 Å². The van der Waals surface area contributed by atoms with Gasteiger partial charge >= 0.3 is 0 Å². The van der Waals surface area contributed by atoms with Crippen LogP contribution in [0.5, 0.6) is 5.88 Å². The summed E-state index contributed by atoms with van der Waals surface area (Å²) in [6.07, 6.45) is 1.73. The minimum Gasteiger partial charge on any atom is -0.473 e. The van der Waals surface area contributed by atoms with Gasteiger partial charge in [-0.25, -0.2) is 8.78 Å². The highest BCUT2D eigenvalue weighted by molar-refractivity contribution is 5.39. The molecule has 1 N–H and O–H groups in total. The van der Waals surface area contributed by atoms with Gasteiger partial charge < -0.3 is 14.8 Å². The van der Waals surface area contributed by atoms with Gasteiger partial charge in [-0.3, -0.25) is 0 Å². The predicted octanol–water partition coefficient (Wildman–Crippen LogP) is 2.99. The molecule has 1 heterocycles. The van der Waals surface area contributed by atoms with Crippen molar-refractivity contribution in [3.05, 3.63) is 17.7 Å². The largest absolute Gasteiger partial charge is 0.473 e. The van der Waals surface area contributed by atoms with Crippen molar-refractivity contribution in [3.8, 4) is 5.88 Å². The molecule has 0 aliphatic carbocycles. The van der Waals surface area contributed by atoms with Crippen LogP contribution in [0.4, 0.5) is 14.6 Å². The van der Waals surface area contributed by atoms with E-state index in [1.165, 1.54) is 0 Å². The molecule has 19 heavy (non-hydrogen) atoms. The lowest BCUT2D eigenvalue weighted by molar-refractivity contribution is 0.0973. The van der Waals surface area contributed by atoms with Crippen LogP contribution in [-0.4, -0.2) is 31.3 Å². The Hall–Kier alpha value is -1.43. The summed E-state index contributed by atoms with van der Waals surface area (Å²) in [5, 5.41) is 2.78. The van der Waals surface area contributed by atoms with E-state index < -0.39 is 11.6 Å². The minimum absolute atomic E-state index is 0.00715. The van der Waals surface area contributed by atoms with E-state index >= 15 is 0 Å². The maximum Gasteiger partial charge on any atom is 0.252 e. The number of aromatic nitrogens is 1. The lowest BCUT2D eigenvalue weighted by Crippen LogP contribution is -2.11. The van der Waals surface area contributed by atoms with Crippen LogP contribution < -0.4 is 10.1 Å². The van der Waals surface area contributed by atoms with Gasteiger partial charge in [-0.1, -0.05) is 13.8 Å². The molecule has 0 radical (unpaired) electrons. The molecule has 1 aromatic heterocycles. The summed E-state index contributed by atoms with van der Waals surface area (Å²) in [5.74, 6) is -1.73. The predicted molar refractivity (Wildman–Crippen MR) is 69.5 cm³/mol. The fraction of sp³-hybridized carbons (Fsp3) is 0.615. The average Bonchev–Trinajstić information content (AvgIpc) is 2.39. The first-order valence-corrected chi connectivity index (χ1v) is 6.49. The molecule has 0 atom stereocenters. The summed E-state index contributed by atoms with van der Waals surface area (Å²) >= 11 is 0. The molecule has 0 spiro atoms. The normalized spacial score (nSPS) is 10.5. The molecule has 0 amide bonds. The third-order valence-electron chi connectivity index (χ3n) is 2.25. The van der Waals surface area contributed by atoms with E-state index in [1.54, 1.807) is 0 Å². The molecule has 0 unspecified atom stereocenters. The van der Waals surface area contributed by atoms with Crippen molar-refractivity contribution < 1.29 is 18.3 Å². The van der Waals surface area contributed by atoms with Crippen molar-refractivity contribution in [1.29, 1.82) is 0 Å². The highest BCUT2D eigenvalue weighted by Crippen LogP contribution is 2.20. The molecule has 108 valence electrons. The summed E-state index contributed by atoms with van der Waals surface area (Å²) in [5.41, 5.74) is 0. The second-order valence-corrected chi connectivity index (χ2v) is 3.99. The molecule has 0 aliphatic heterocycles. The van der Waals surface area contributed by atoms with Gasteiger partial charge in [-0.15, -0.1) is 0 Å². The Balaban J connectivity index is 2.56. The fourth-order valence-corrected chi connectivity index (χ4v) is 1.36. The number of anilines is 1. The Morgan fingerprint density at radius 3 is 2.58 bits per heavy atom. The highest BCUT2D eigenvalue weighted by Gasteiger charge is 2.12. The average molecular weight is 274 g/mol. The highest BCUT2D eigenvalue weighted by atomic mass is 19.1. The minimum atomic E-state index is -0.810. The molecular weight excluding hydrogens is 254 g/mol. The molecule has 0 aliphatic rings. The van der Waals surface area contributed by atoms with Crippen LogP contribution in [-0.2, 0) is 4.74 Å². The van der Waals surface area contributed by atoms with E-state index in [4.69, 9.17) is 9.47 Å². The number of pyridine rings is 1. The molecule has 1 rings (SSSR count). The van der Waals surface area contributed by atoms with Gasteiger partial charge in [0.2, 0.25) is 0 Å². The van der Waals surface area contributed by atoms with E-state index in [1.807, 2.05) is 13.8 Å². The monoisotopic (exact) mass is 274 g/mol. The Kier molecular flexibility index (Phi) is 7.10. The van der Waals surface area contributed by atoms with Crippen LogP contribution in [0, 0.1) is 11.6 Å². The Labute approximate surface area is 112 Å². The van der Waals surface area contributed by atoms with E-state index in [-0.39, 0.29) is 18.3 Å². The van der Waals surface area contributed by atoms with Gasteiger partial charge in [0.1, 0.15) is 6.61 Å². The van der Waals surface area contributed by atoms with Crippen molar-refractivity contribution in [2.45, 2.75) is 26.7 Å². The molecule has 0 bridgehead atoms. The number of nitrogens with one attached hydrogen (secondary N) is 1. The summed E-state index contributed by atoms with van der Waals surface area (Å²) in [6, 6.07) is 0.771. The molecule has 0 aromatic carbocycles. The van der Waals surface area contributed by atoms with E-state index in [0.29, 0.717) is 19.8 Å². The lowest BCUT2D eigenvalue weighted by Gasteiger charge is -2.10. The Morgan fingerprint density at radius 2 is 1.89 bits per heavy atom. The van der Waals surface area contributed by atoms with E-state index in [9.17, 15) is 8.78 Å². The maximum atomic E-state index is 13.4. The van der Waals surface area contributed by atoms with Crippen molar-refractivity contribution in [1.82, 2.24) is 4.98 Å². The first kappa shape index (κ1) is 15.6. The third-order valence-corrected chi connectivity index (χ3v) is 2.25. The molecule has 0 saturated carbocycles. The van der Waals surface area contributed by atoms with Crippen LogP contribution in [0.25, 0.3) is 0 Å². The zero-order chi connectivity index (χ0) is 14.1. The third kappa shape index (κ3) is 5.38. The van der Waals surface area contributed by atoms with Gasteiger partial charge in [-0.2, -0.15) is 4.98 Å². The SMILES string of the molecule is CCCNc1nc(OCCOCCC)c(F)cc1F. The van der Waals surface area contributed by atoms with Gasteiger partial charge in [0, 0.05) is 19.2 Å². The summed E-state index contributed by atoms with van der Waals surface area (Å²) < 4.78 is 37.2. The number of hydrogen-bond donors (Lipinski definition) is 1. The fourth-order valence-electron chi connectivity index (χ4n) is 1.36. The first-order valence-electron chi connectivity index (χ1n) is 6.49. The van der Waals surface area contributed by atoms with Crippen LogP contribution in [0.3, 0.4) is 0 Å². The van der Waals surface area contributed by atoms with Gasteiger partial charge in [-0.05, 0) is 12.8 Å². The Bertz CT molecular complexity index is 389. The first-order chi connectivity index (χ1) is 9.19. The van der Waals surface area contributed by atoms with Crippen molar-refractivity contribution in [3.63, 3.8) is 0 Å². The Morgan fingerprint density at radius 1 is 1.11 bits per heavy atom. The summed E-state index contributed by atoms with van der Waals surface area (Å²) in [4.78, 5) is 3.79. The van der Waals surface area contributed by atoms with Crippen molar-refractivity contribution in [2.75, 3.05) is 31.7 Å². The standard InChI is InChI=1S/C13H20F2N2O2/c1-3-5-16-12-10(14)9-11(15)13(17-12)19-8-7-18-6-4-2/h9H,3-8H2,1-2H3,(H,16,17). The molecular formula is C13H20F2N2O2. The van der Waals surface area contributed by atoms with Crippen molar-refractivity contribution in [2.24, 2.45) is 0 Å². The van der Waals surface area contributed by atoms with Gasteiger partial charge in [0.05, 0.1) is 6.61 Å². The zero-order valence-electron chi connectivity index (χ0n) is 11.3. The van der Waals surface area contributed by atoms with E-state index in [0.717, 1.165) is 18.9 Å². The second kappa shape index (κ2) is 8.63. The van der Waals surface area contributed by atoms with Crippen LogP contribution in [0.15, 0.2) is 6.07 Å². The second-order valence-electron chi connectivity index (χ2n) is 3.99. The zero-order valence-corrected chi connectivity index (χ0v) is 11.3. The number of hydrogen-bond acceptors (Lipinski definition) is 4. The number of rotatable bonds is 9. The molecule has 0 saturated heterocycles. The quantitative estimate of drug-likeness (QED) is 0.703. The lowest BCUT2D eigenvalue weighted by atomic mass is 10.4. The maximum absolute atomic E-state index is 13.4. The summed E-state index contributed by atoms with van der Waals surface area (Å²) in [6.45, 7) is 5.66. The molecule has 0 fully saturated rings. The van der Waals surface area contributed by atoms with Crippen LogP contribution in [0.2, 0.25) is 0 Å². The van der Waals surface area contributed by atoms with Gasteiger partial charge in [0.25, 0.3) is 5.88 Å².